The molecule has 0 aliphatic carbocycles. The Balaban J connectivity index is -0.000000521. The summed E-state index contributed by atoms with van der Waals surface area (Å²) in [5.74, 6) is -0.802. The van der Waals surface area contributed by atoms with Gasteiger partial charge < -0.3 is 7.96 Å². The molecule has 1 atom stereocenters. The first kappa shape index (κ1) is 33.8. The van der Waals surface area contributed by atoms with Crippen LogP contribution in [0.25, 0.3) is 0 Å². The van der Waals surface area contributed by atoms with E-state index in [1.807, 2.05) is 0 Å². The van der Waals surface area contributed by atoms with Gasteiger partial charge in [0.2, 0.25) is 0 Å². The van der Waals surface area contributed by atoms with Gasteiger partial charge in [0.25, 0.3) is 0 Å². The number of aliphatic imine (C=N–C) groups is 1. The standard InChI is InChI=1S/C23H45NO2.2Na.2H/c1-3-4-5-6-7-8-9-10-11-12-13-14-15-16-17-18-19-22(2)24-21-20-23(25)26;;;;/h21-22H,3-20H2,1-2H3,(H,25,26);;;;/q;2*+1;2*-1. The minimum absolute atomic E-state index is 0. The van der Waals surface area contributed by atoms with Gasteiger partial charge in [-0.2, -0.15) is 0 Å². The number of nitrogens with zero attached hydrogens (tertiary/aromatic N) is 1. The van der Waals surface area contributed by atoms with Gasteiger partial charge in [-0.1, -0.05) is 110 Å². The summed E-state index contributed by atoms with van der Waals surface area (Å²) in [6.45, 7) is 4.35. The number of carboxylic acid groups (broad SMARTS) is 1. The second-order valence-electron chi connectivity index (χ2n) is 7.87. The zero-order valence-corrected chi connectivity index (χ0v) is 23.7. The van der Waals surface area contributed by atoms with Crippen LogP contribution in [0.3, 0.4) is 0 Å². The molecule has 0 saturated carbocycles. The van der Waals surface area contributed by atoms with Gasteiger partial charge in [0.05, 0.1) is 6.42 Å². The molecule has 0 bridgehead atoms. The van der Waals surface area contributed by atoms with E-state index in [0.717, 1.165) is 6.42 Å². The van der Waals surface area contributed by atoms with Crippen molar-refractivity contribution in [2.24, 2.45) is 4.99 Å². The molecule has 1 unspecified atom stereocenters. The fraction of sp³-hybridized carbons (Fsp3) is 0.913. The summed E-state index contributed by atoms with van der Waals surface area (Å²) in [6, 6.07) is 0.265. The minimum atomic E-state index is -0.802. The van der Waals surface area contributed by atoms with Crippen molar-refractivity contribution in [1.82, 2.24) is 0 Å². The largest absolute Gasteiger partial charge is 1.00 e. The molecule has 0 radical (unpaired) electrons. The van der Waals surface area contributed by atoms with Crippen LogP contribution in [0.5, 0.6) is 0 Å². The van der Waals surface area contributed by atoms with Crippen molar-refractivity contribution in [2.45, 2.75) is 135 Å². The van der Waals surface area contributed by atoms with Crippen molar-refractivity contribution in [3.05, 3.63) is 0 Å². The van der Waals surface area contributed by atoms with E-state index in [1.165, 1.54) is 103 Å². The number of hydrogen-bond donors (Lipinski definition) is 1. The summed E-state index contributed by atoms with van der Waals surface area (Å²) in [4.78, 5) is 14.7. The molecule has 0 rings (SSSR count). The van der Waals surface area contributed by atoms with Crippen LogP contribution >= 0.6 is 0 Å². The Hall–Kier alpha value is 1.14. The van der Waals surface area contributed by atoms with E-state index in [1.54, 1.807) is 6.21 Å². The van der Waals surface area contributed by atoms with Crippen LogP contribution in [-0.2, 0) is 4.79 Å². The number of carbonyl (C=O) groups is 1. The maximum Gasteiger partial charge on any atom is 1.00 e. The molecule has 0 aliphatic heterocycles. The topological polar surface area (TPSA) is 49.7 Å². The maximum absolute atomic E-state index is 10.4. The summed E-state index contributed by atoms with van der Waals surface area (Å²) in [5.41, 5.74) is 0. The predicted octanol–water partition coefficient (Wildman–Crippen LogP) is 1.81. The fourth-order valence-corrected chi connectivity index (χ4v) is 3.37. The van der Waals surface area contributed by atoms with E-state index >= 15 is 0 Å². The molecule has 158 valence electrons. The van der Waals surface area contributed by atoms with Crippen molar-refractivity contribution >= 4 is 12.2 Å². The monoisotopic (exact) mass is 415 g/mol. The number of unbranched alkanes of at least 4 members (excludes halogenated alkanes) is 15. The molecule has 5 heteroatoms. The third kappa shape index (κ3) is 29.3. The fourth-order valence-electron chi connectivity index (χ4n) is 3.37. The molecule has 0 amide bonds. The number of carboxylic acids is 1. The molecule has 0 fully saturated rings. The molecule has 28 heavy (non-hydrogen) atoms. The summed E-state index contributed by atoms with van der Waals surface area (Å²) in [6.07, 6.45) is 25.0. The van der Waals surface area contributed by atoms with Crippen molar-refractivity contribution in [2.75, 3.05) is 0 Å². The van der Waals surface area contributed by atoms with E-state index in [-0.39, 0.29) is 74.4 Å². The summed E-state index contributed by atoms with van der Waals surface area (Å²) in [7, 11) is 0. The normalized spacial score (nSPS) is 11.8. The molecule has 0 aromatic carbocycles. The van der Waals surface area contributed by atoms with Crippen LogP contribution < -0.4 is 59.1 Å². The molecule has 0 aromatic rings. The molecule has 0 spiro atoms. The summed E-state index contributed by atoms with van der Waals surface area (Å²) >= 11 is 0. The molecular formula is C23H47NNa2O2. The van der Waals surface area contributed by atoms with Gasteiger partial charge in [0.15, 0.2) is 0 Å². The average Bonchev–Trinajstić information content (AvgIpc) is 2.61. The zero-order valence-electron chi connectivity index (χ0n) is 21.7. The van der Waals surface area contributed by atoms with Crippen LogP contribution in [0.2, 0.25) is 0 Å². The molecule has 0 saturated heterocycles. The predicted molar refractivity (Wildman–Crippen MR) is 117 cm³/mol. The van der Waals surface area contributed by atoms with E-state index in [2.05, 4.69) is 18.8 Å². The van der Waals surface area contributed by atoms with Gasteiger partial charge in [0.1, 0.15) is 0 Å². The van der Waals surface area contributed by atoms with Crippen LogP contribution in [0, 0.1) is 0 Å². The van der Waals surface area contributed by atoms with Gasteiger partial charge in [-0.05, 0) is 13.3 Å². The Morgan fingerprint density at radius 3 is 1.50 bits per heavy atom. The first-order valence-electron chi connectivity index (χ1n) is 11.4. The Bertz CT molecular complexity index is 349. The maximum atomic E-state index is 10.4. The smallest absolute Gasteiger partial charge is 1.00 e. The molecule has 1 N–H and O–H groups in total. The first-order chi connectivity index (χ1) is 12.7. The van der Waals surface area contributed by atoms with Gasteiger partial charge >= 0.3 is 65.1 Å². The van der Waals surface area contributed by atoms with E-state index in [4.69, 9.17) is 5.11 Å². The first-order valence-corrected chi connectivity index (χ1v) is 11.4. The van der Waals surface area contributed by atoms with E-state index in [9.17, 15) is 4.79 Å². The molecule has 0 aliphatic rings. The van der Waals surface area contributed by atoms with Crippen LogP contribution in [0.1, 0.15) is 132 Å². The third-order valence-corrected chi connectivity index (χ3v) is 5.10. The molecular weight excluding hydrogens is 368 g/mol. The van der Waals surface area contributed by atoms with E-state index < -0.39 is 5.97 Å². The molecule has 0 heterocycles. The van der Waals surface area contributed by atoms with Crippen LogP contribution in [0.4, 0.5) is 0 Å². The van der Waals surface area contributed by atoms with Crippen molar-refractivity contribution < 1.29 is 71.9 Å². The van der Waals surface area contributed by atoms with Crippen molar-refractivity contribution in [3.63, 3.8) is 0 Å². The number of rotatable bonds is 20. The van der Waals surface area contributed by atoms with E-state index in [0.29, 0.717) is 0 Å². The van der Waals surface area contributed by atoms with Gasteiger partial charge in [-0.3, -0.25) is 9.79 Å². The average molecular weight is 416 g/mol. The second kappa shape index (κ2) is 28.1. The molecule has 0 aromatic heterocycles. The summed E-state index contributed by atoms with van der Waals surface area (Å²) < 4.78 is 0. The number of aliphatic carboxylic acids is 1. The Labute approximate surface area is 222 Å². The second-order valence-corrected chi connectivity index (χ2v) is 7.87. The van der Waals surface area contributed by atoms with Crippen LogP contribution in [-0.4, -0.2) is 23.3 Å². The van der Waals surface area contributed by atoms with Crippen molar-refractivity contribution in [3.8, 4) is 0 Å². The minimum Gasteiger partial charge on any atom is -1.00 e. The van der Waals surface area contributed by atoms with Gasteiger partial charge in [0, 0.05) is 12.3 Å². The summed E-state index contributed by atoms with van der Waals surface area (Å²) in [5, 5.41) is 8.56. The zero-order chi connectivity index (χ0) is 19.3. The Morgan fingerprint density at radius 2 is 1.14 bits per heavy atom. The third-order valence-electron chi connectivity index (χ3n) is 5.10. The van der Waals surface area contributed by atoms with Crippen molar-refractivity contribution in [1.29, 1.82) is 0 Å². The Kier molecular flexibility index (Phi) is 33.9. The Morgan fingerprint density at radius 1 is 0.786 bits per heavy atom. The quantitative estimate of drug-likeness (QED) is 0.187. The molecule has 3 nitrogen and oxygen atoms in total. The van der Waals surface area contributed by atoms with Crippen LogP contribution in [0.15, 0.2) is 4.99 Å². The van der Waals surface area contributed by atoms with Gasteiger partial charge in [-0.15, -0.1) is 0 Å². The SMILES string of the molecule is CCCCCCCCCCCCCCCCCCC(C)N=CCC(=O)O.[H-].[H-].[Na+].[Na+]. The number of hydrogen-bond acceptors (Lipinski definition) is 2. The van der Waals surface area contributed by atoms with Gasteiger partial charge in [-0.25, -0.2) is 0 Å².